The summed E-state index contributed by atoms with van der Waals surface area (Å²) in [5, 5.41) is 2.89. The van der Waals surface area contributed by atoms with Crippen molar-refractivity contribution >= 4 is 12.0 Å². The second-order valence-corrected chi connectivity index (χ2v) is 4.61. The second kappa shape index (κ2) is 5.62. The van der Waals surface area contributed by atoms with Crippen LogP contribution in [-0.2, 0) is 4.79 Å². The van der Waals surface area contributed by atoms with E-state index in [9.17, 15) is 9.18 Å². The Morgan fingerprint density at radius 3 is 2.47 bits per heavy atom. The van der Waals surface area contributed by atoms with E-state index >= 15 is 0 Å². The van der Waals surface area contributed by atoms with Crippen LogP contribution < -0.4 is 5.32 Å². The van der Waals surface area contributed by atoms with Gasteiger partial charge < -0.3 is 5.32 Å². The molecule has 0 fully saturated rings. The zero-order chi connectivity index (χ0) is 12.9. The Bertz CT molecular complexity index is 407. The first kappa shape index (κ1) is 13.4. The predicted molar refractivity (Wildman–Crippen MR) is 67.9 cm³/mol. The molecular weight excluding hydrogens is 217 g/mol. The minimum Gasteiger partial charge on any atom is -0.348 e. The van der Waals surface area contributed by atoms with Crippen molar-refractivity contribution in [3.8, 4) is 0 Å². The van der Waals surface area contributed by atoms with Crippen LogP contribution in [0.3, 0.4) is 0 Å². The molecule has 0 aliphatic heterocycles. The number of nitrogens with one attached hydrogen (secondary N) is 1. The molecule has 0 heterocycles. The molecule has 0 unspecified atom stereocenters. The topological polar surface area (TPSA) is 29.1 Å². The molecule has 0 aliphatic rings. The van der Waals surface area contributed by atoms with Gasteiger partial charge in [-0.25, -0.2) is 4.39 Å². The van der Waals surface area contributed by atoms with Gasteiger partial charge in [-0.3, -0.25) is 4.79 Å². The van der Waals surface area contributed by atoms with Gasteiger partial charge in [-0.15, -0.1) is 0 Å². The van der Waals surface area contributed by atoms with Crippen LogP contribution >= 0.6 is 0 Å². The second-order valence-electron chi connectivity index (χ2n) is 4.61. The Balaban J connectivity index is 2.60. The highest BCUT2D eigenvalue weighted by Crippen LogP contribution is 2.08. The van der Waals surface area contributed by atoms with Crippen molar-refractivity contribution in [3.05, 3.63) is 41.7 Å². The lowest BCUT2D eigenvalue weighted by atomic mass is 10.0. The summed E-state index contributed by atoms with van der Waals surface area (Å²) >= 11 is 0. The zero-order valence-corrected chi connectivity index (χ0v) is 10.5. The maximum absolute atomic E-state index is 12.7. The number of halogens is 1. The van der Waals surface area contributed by atoms with Gasteiger partial charge in [0.05, 0.1) is 0 Å². The molecule has 1 N–H and O–H groups in total. The molecule has 17 heavy (non-hydrogen) atoms. The first-order valence-corrected chi connectivity index (χ1v) is 5.69. The molecule has 0 saturated heterocycles. The number of carbonyl (C=O) groups excluding carboxylic acids is 1. The quantitative estimate of drug-likeness (QED) is 0.798. The zero-order valence-electron chi connectivity index (χ0n) is 10.5. The third kappa shape index (κ3) is 4.81. The largest absolute Gasteiger partial charge is 0.348 e. The van der Waals surface area contributed by atoms with E-state index in [2.05, 4.69) is 5.32 Å². The van der Waals surface area contributed by atoms with E-state index in [4.69, 9.17) is 0 Å². The van der Waals surface area contributed by atoms with E-state index in [0.29, 0.717) is 0 Å². The van der Waals surface area contributed by atoms with E-state index in [1.54, 1.807) is 18.2 Å². The summed E-state index contributed by atoms with van der Waals surface area (Å²) in [4.78, 5) is 11.6. The van der Waals surface area contributed by atoms with Crippen LogP contribution in [0.4, 0.5) is 4.39 Å². The Hall–Kier alpha value is -1.64. The Morgan fingerprint density at radius 2 is 1.94 bits per heavy atom. The Kier molecular flexibility index (Phi) is 4.44. The Labute approximate surface area is 102 Å². The van der Waals surface area contributed by atoms with Gasteiger partial charge in [0.1, 0.15) is 5.82 Å². The highest BCUT2D eigenvalue weighted by Gasteiger charge is 2.15. The molecule has 0 aliphatic carbocycles. The highest BCUT2D eigenvalue weighted by atomic mass is 19.1. The number of hydrogen-bond donors (Lipinski definition) is 1. The van der Waals surface area contributed by atoms with Gasteiger partial charge in [0, 0.05) is 11.6 Å². The van der Waals surface area contributed by atoms with E-state index in [1.807, 2.05) is 20.8 Å². The average Bonchev–Trinajstić information content (AvgIpc) is 2.28. The summed E-state index contributed by atoms with van der Waals surface area (Å²) in [6.07, 6.45) is 3.99. The van der Waals surface area contributed by atoms with Crippen molar-refractivity contribution < 1.29 is 9.18 Å². The lowest BCUT2D eigenvalue weighted by Gasteiger charge is -2.23. The summed E-state index contributed by atoms with van der Waals surface area (Å²) in [7, 11) is 0. The molecule has 1 aromatic carbocycles. The van der Waals surface area contributed by atoms with Gasteiger partial charge in [-0.05, 0) is 44.0 Å². The average molecular weight is 235 g/mol. The first-order valence-electron chi connectivity index (χ1n) is 5.69. The SMILES string of the molecule is CCC(C)(C)NC(=O)/C=C/c1ccc(F)cc1. The van der Waals surface area contributed by atoms with E-state index in [1.165, 1.54) is 18.2 Å². The maximum atomic E-state index is 12.7. The predicted octanol–water partition coefficient (Wildman–Crippen LogP) is 3.14. The molecule has 1 rings (SSSR count). The summed E-state index contributed by atoms with van der Waals surface area (Å²) in [6, 6.07) is 6.00. The Morgan fingerprint density at radius 1 is 1.35 bits per heavy atom. The van der Waals surface area contributed by atoms with Gasteiger partial charge in [0.15, 0.2) is 0 Å². The molecule has 1 aromatic rings. The molecule has 0 radical (unpaired) electrons. The van der Waals surface area contributed by atoms with Crippen LogP contribution in [-0.4, -0.2) is 11.4 Å². The standard InChI is InChI=1S/C14H18FNO/c1-4-14(2,3)16-13(17)10-7-11-5-8-12(15)9-6-11/h5-10H,4H2,1-3H3,(H,16,17)/b10-7+. The van der Waals surface area contributed by atoms with E-state index in [-0.39, 0.29) is 17.3 Å². The van der Waals surface area contributed by atoms with Crippen molar-refractivity contribution in [1.82, 2.24) is 5.32 Å². The highest BCUT2D eigenvalue weighted by molar-refractivity contribution is 5.92. The minimum atomic E-state index is -0.279. The molecule has 3 heteroatoms. The molecule has 0 aromatic heterocycles. The number of rotatable bonds is 4. The molecule has 0 bridgehead atoms. The normalized spacial score (nSPS) is 11.8. The van der Waals surface area contributed by atoms with Gasteiger partial charge >= 0.3 is 0 Å². The van der Waals surface area contributed by atoms with Gasteiger partial charge in [0.25, 0.3) is 0 Å². The molecule has 0 saturated carbocycles. The fraction of sp³-hybridized carbons (Fsp3) is 0.357. The summed E-state index contributed by atoms with van der Waals surface area (Å²) in [5.41, 5.74) is 0.598. The van der Waals surface area contributed by atoms with Crippen LogP contribution in [0, 0.1) is 5.82 Å². The lowest BCUT2D eigenvalue weighted by Crippen LogP contribution is -2.41. The first-order chi connectivity index (χ1) is 7.93. The van der Waals surface area contributed by atoms with Gasteiger partial charge in [-0.2, -0.15) is 0 Å². The smallest absolute Gasteiger partial charge is 0.244 e. The number of benzene rings is 1. The summed E-state index contributed by atoms with van der Waals surface area (Å²) in [6.45, 7) is 5.96. The number of carbonyl (C=O) groups is 1. The van der Waals surface area contributed by atoms with Gasteiger partial charge in [0.2, 0.25) is 5.91 Å². The lowest BCUT2D eigenvalue weighted by molar-refractivity contribution is -0.117. The maximum Gasteiger partial charge on any atom is 0.244 e. The third-order valence-corrected chi connectivity index (χ3v) is 2.64. The molecule has 1 amide bonds. The van der Waals surface area contributed by atoms with Crippen molar-refractivity contribution in [1.29, 1.82) is 0 Å². The van der Waals surface area contributed by atoms with Crippen molar-refractivity contribution in [2.24, 2.45) is 0 Å². The van der Waals surface area contributed by atoms with E-state index in [0.717, 1.165) is 12.0 Å². The van der Waals surface area contributed by atoms with Crippen LogP contribution in [0.2, 0.25) is 0 Å². The fourth-order valence-corrected chi connectivity index (χ4v) is 1.21. The molecule has 92 valence electrons. The molecular formula is C14H18FNO. The fourth-order valence-electron chi connectivity index (χ4n) is 1.21. The summed E-state index contributed by atoms with van der Waals surface area (Å²) < 4.78 is 12.7. The van der Waals surface area contributed by atoms with Crippen LogP contribution in [0.1, 0.15) is 32.8 Å². The van der Waals surface area contributed by atoms with Crippen molar-refractivity contribution in [2.75, 3.05) is 0 Å². The molecule has 2 nitrogen and oxygen atoms in total. The van der Waals surface area contributed by atoms with Gasteiger partial charge in [-0.1, -0.05) is 19.1 Å². The third-order valence-electron chi connectivity index (χ3n) is 2.64. The van der Waals surface area contributed by atoms with Crippen LogP contribution in [0.15, 0.2) is 30.3 Å². The van der Waals surface area contributed by atoms with Crippen molar-refractivity contribution in [2.45, 2.75) is 32.7 Å². The number of hydrogen-bond acceptors (Lipinski definition) is 1. The molecule has 0 spiro atoms. The van der Waals surface area contributed by atoms with Crippen molar-refractivity contribution in [3.63, 3.8) is 0 Å². The van der Waals surface area contributed by atoms with Crippen LogP contribution in [0.25, 0.3) is 6.08 Å². The van der Waals surface area contributed by atoms with Crippen LogP contribution in [0.5, 0.6) is 0 Å². The minimum absolute atomic E-state index is 0.138. The number of amides is 1. The summed E-state index contributed by atoms with van der Waals surface area (Å²) in [5.74, 6) is -0.417. The monoisotopic (exact) mass is 235 g/mol. The molecule has 0 atom stereocenters. The van der Waals surface area contributed by atoms with E-state index < -0.39 is 0 Å².